The van der Waals surface area contributed by atoms with Gasteiger partial charge < -0.3 is 10.1 Å². The minimum atomic E-state index is -0.524. The number of carbonyl (C=O) groups is 1. The van der Waals surface area contributed by atoms with Gasteiger partial charge in [-0.15, -0.1) is 0 Å². The first-order chi connectivity index (χ1) is 12.4. The van der Waals surface area contributed by atoms with E-state index in [2.05, 4.69) is 49.5 Å². The number of fused-ring (bicyclic) bond motifs is 1. The summed E-state index contributed by atoms with van der Waals surface area (Å²) in [6, 6.07) is 12.5. The van der Waals surface area contributed by atoms with Gasteiger partial charge in [0, 0.05) is 0 Å². The minimum Gasteiger partial charge on any atom is -0.481 e. The molecule has 0 spiro atoms. The Labute approximate surface area is 156 Å². The number of aryl methyl sites for hydroxylation is 4. The van der Waals surface area contributed by atoms with Crippen LogP contribution in [0.15, 0.2) is 36.4 Å². The van der Waals surface area contributed by atoms with Gasteiger partial charge in [0.2, 0.25) is 0 Å². The summed E-state index contributed by atoms with van der Waals surface area (Å²) in [6.45, 7) is 7.97. The van der Waals surface area contributed by atoms with Crippen LogP contribution in [0.5, 0.6) is 5.75 Å². The Hall–Kier alpha value is -2.29. The van der Waals surface area contributed by atoms with Gasteiger partial charge in [0.15, 0.2) is 6.10 Å². The standard InChI is InChI=1S/C23H29NO2/c1-15-9-10-16(2)22(13-15)17(3)24-23(25)18(4)26-21-12-11-19-7-5-6-8-20(19)14-21/h9-14,17-18H,5-8H2,1-4H3,(H,24,25)/t17-,18+/m0/s1. The second-order valence-electron chi connectivity index (χ2n) is 7.49. The highest BCUT2D eigenvalue weighted by Gasteiger charge is 2.19. The molecule has 1 aliphatic carbocycles. The van der Waals surface area contributed by atoms with Crippen molar-refractivity contribution in [2.75, 3.05) is 0 Å². The van der Waals surface area contributed by atoms with Crippen molar-refractivity contribution < 1.29 is 9.53 Å². The van der Waals surface area contributed by atoms with Gasteiger partial charge in [-0.25, -0.2) is 0 Å². The zero-order valence-electron chi connectivity index (χ0n) is 16.3. The Balaban J connectivity index is 1.63. The Bertz CT molecular complexity index is 797. The summed E-state index contributed by atoms with van der Waals surface area (Å²) < 4.78 is 5.92. The molecule has 0 bridgehead atoms. The van der Waals surface area contributed by atoms with Crippen molar-refractivity contribution in [3.8, 4) is 5.75 Å². The first kappa shape index (κ1) is 18.5. The minimum absolute atomic E-state index is 0.0445. The molecule has 2 aromatic carbocycles. The van der Waals surface area contributed by atoms with Crippen LogP contribution in [0.2, 0.25) is 0 Å². The van der Waals surface area contributed by atoms with E-state index in [1.54, 1.807) is 0 Å². The SMILES string of the molecule is Cc1ccc(C)c([C@H](C)NC(=O)[C@@H](C)Oc2ccc3c(c2)CCCC3)c1. The molecule has 0 aromatic heterocycles. The van der Waals surface area contributed by atoms with Gasteiger partial charge in [0.25, 0.3) is 5.91 Å². The molecule has 26 heavy (non-hydrogen) atoms. The quantitative estimate of drug-likeness (QED) is 0.838. The van der Waals surface area contributed by atoms with Crippen molar-refractivity contribution in [2.24, 2.45) is 0 Å². The summed E-state index contributed by atoms with van der Waals surface area (Å²) in [4.78, 5) is 12.6. The molecule has 2 atom stereocenters. The molecule has 1 amide bonds. The smallest absolute Gasteiger partial charge is 0.261 e. The van der Waals surface area contributed by atoms with Crippen molar-refractivity contribution in [2.45, 2.75) is 65.5 Å². The van der Waals surface area contributed by atoms with Crippen LogP contribution in [0.25, 0.3) is 0 Å². The molecular formula is C23H29NO2. The van der Waals surface area contributed by atoms with Gasteiger partial charge in [-0.1, -0.05) is 29.8 Å². The molecule has 3 rings (SSSR count). The van der Waals surface area contributed by atoms with E-state index in [1.807, 2.05) is 19.9 Å². The average molecular weight is 351 g/mol. The summed E-state index contributed by atoms with van der Waals surface area (Å²) in [6.07, 6.45) is 4.24. The molecule has 0 radical (unpaired) electrons. The van der Waals surface area contributed by atoms with Crippen LogP contribution in [0.1, 0.15) is 60.5 Å². The molecule has 0 unspecified atom stereocenters. The lowest BCUT2D eigenvalue weighted by Crippen LogP contribution is -2.38. The summed E-state index contributed by atoms with van der Waals surface area (Å²) in [5, 5.41) is 3.08. The topological polar surface area (TPSA) is 38.3 Å². The van der Waals surface area contributed by atoms with E-state index in [1.165, 1.54) is 35.1 Å². The fourth-order valence-corrected chi connectivity index (χ4v) is 3.68. The largest absolute Gasteiger partial charge is 0.481 e. The van der Waals surface area contributed by atoms with Crippen LogP contribution in [-0.2, 0) is 17.6 Å². The van der Waals surface area contributed by atoms with E-state index in [0.717, 1.165) is 24.2 Å². The molecule has 0 aliphatic heterocycles. The van der Waals surface area contributed by atoms with E-state index < -0.39 is 6.10 Å². The first-order valence-corrected chi connectivity index (χ1v) is 9.60. The van der Waals surface area contributed by atoms with Crippen LogP contribution in [0.3, 0.4) is 0 Å². The maximum Gasteiger partial charge on any atom is 0.261 e. The molecule has 2 aromatic rings. The highest BCUT2D eigenvalue weighted by Crippen LogP contribution is 2.26. The molecular weight excluding hydrogens is 322 g/mol. The van der Waals surface area contributed by atoms with Gasteiger partial charge >= 0.3 is 0 Å². The Morgan fingerprint density at radius 3 is 2.50 bits per heavy atom. The van der Waals surface area contributed by atoms with E-state index in [9.17, 15) is 4.79 Å². The van der Waals surface area contributed by atoms with Crippen molar-refractivity contribution >= 4 is 5.91 Å². The Morgan fingerprint density at radius 1 is 1.00 bits per heavy atom. The van der Waals surface area contributed by atoms with Gasteiger partial charge in [-0.05, 0) is 87.8 Å². The first-order valence-electron chi connectivity index (χ1n) is 9.60. The van der Waals surface area contributed by atoms with Crippen molar-refractivity contribution in [1.82, 2.24) is 5.32 Å². The van der Waals surface area contributed by atoms with Crippen LogP contribution in [-0.4, -0.2) is 12.0 Å². The molecule has 1 aliphatic rings. The Morgan fingerprint density at radius 2 is 1.73 bits per heavy atom. The zero-order valence-corrected chi connectivity index (χ0v) is 16.3. The molecule has 0 saturated heterocycles. The second kappa shape index (κ2) is 7.94. The lowest BCUT2D eigenvalue weighted by atomic mass is 9.92. The van der Waals surface area contributed by atoms with E-state index in [-0.39, 0.29) is 11.9 Å². The number of nitrogens with one attached hydrogen (secondary N) is 1. The number of carbonyl (C=O) groups excluding carboxylic acids is 1. The maximum absolute atomic E-state index is 12.6. The molecule has 0 saturated carbocycles. The summed E-state index contributed by atoms with van der Waals surface area (Å²) in [5.41, 5.74) is 6.32. The number of ether oxygens (including phenoxy) is 1. The number of hydrogen-bond donors (Lipinski definition) is 1. The van der Waals surface area contributed by atoms with Crippen LogP contribution in [0.4, 0.5) is 0 Å². The molecule has 3 heteroatoms. The Kier molecular flexibility index (Phi) is 5.65. The normalized spacial score (nSPS) is 15.7. The average Bonchev–Trinajstić information content (AvgIpc) is 2.63. The van der Waals surface area contributed by atoms with Gasteiger partial charge in [-0.3, -0.25) is 4.79 Å². The third-order valence-electron chi connectivity index (χ3n) is 5.26. The molecule has 3 nitrogen and oxygen atoms in total. The monoisotopic (exact) mass is 351 g/mol. The number of amides is 1. The predicted molar refractivity (Wildman–Crippen MR) is 106 cm³/mol. The molecule has 0 heterocycles. The van der Waals surface area contributed by atoms with Crippen LogP contribution < -0.4 is 10.1 Å². The maximum atomic E-state index is 12.6. The third-order valence-corrected chi connectivity index (χ3v) is 5.26. The summed E-state index contributed by atoms with van der Waals surface area (Å²) >= 11 is 0. The number of hydrogen-bond acceptors (Lipinski definition) is 2. The molecule has 1 N–H and O–H groups in total. The van der Waals surface area contributed by atoms with E-state index in [4.69, 9.17) is 4.74 Å². The molecule has 0 fully saturated rings. The van der Waals surface area contributed by atoms with E-state index >= 15 is 0 Å². The van der Waals surface area contributed by atoms with Crippen LogP contribution in [0, 0.1) is 13.8 Å². The van der Waals surface area contributed by atoms with Crippen molar-refractivity contribution in [3.05, 3.63) is 64.2 Å². The predicted octanol–water partition coefficient (Wildman–Crippen LogP) is 4.83. The van der Waals surface area contributed by atoms with Crippen molar-refractivity contribution in [3.63, 3.8) is 0 Å². The summed E-state index contributed by atoms with van der Waals surface area (Å²) in [5.74, 6) is 0.698. The number of benzene rings is 2. The third kappa shape index (κ3) is 4.27. The second-order valence-corrected chi connectivity index (χ2v) is 7.49. The lowest BCUT2D eigenvalue weighted by Gasteiger charge is -2.22. The van der Waals surface area contributed by atoms with Crippen molar-refractivity contribution in [1.29, 1.82) is 0 Å². The fourth-order valence-electron chi connectivity index (χ4n) is 3.68. The molecule has 138 valence electrons. The van der Waals surface area contributed by atoms with Gasteiger partial charge in [0.05, 0.1) is 6.04 Å². The van der Waals surface area contributed by atoms with E-state index in [0.29, 0.717) is 0 Å². The highest BCUT2D eigenvalue weighted by molar-refractivity contribution is 5.81. The fraction of sp³-hybridized carbons (Fsp3) is 0.435. The van der Waals surface area contributed by atoms with Crippen LogP contribution >= 0.6 is 0 Å². The van der Waals surface area contributed by atoms with Gasteiger partial charge in [-0.2, -0.15) is 0 Å². The lowest BCUT2D eigenvalue weighted by molar-refractivity contribution is -0.127. The summed E-state index contributed by atoms with van der Waals surface area (Å²) in [7, 11) is 0. The number of rotatable bonds is 5. The zero-order chi connectivity index (χ0) is 18.7. The highest BCUT2D eigenvalue weighted by atomic mass is 16.5. The van der Waals surface area contributed by atoms with Gasteiger partial charge in [0.1, 0.15) is 5.75 Å².